The Bertz CT molecular complexity index is 658. The number of nitrogens with zero attached hydrogens (tertiary/aromatic N) is 1. The van der Waals surface area contributed by atoms with Crippen LogP contribution in [-0.2, 0) is 19.1 Å². The van der Waals surface area contributed by atoms with E-state index in [0.29, 0.717) is 0 Å². The van der Waals surface area contributed by atoms with Crippen molar-refractivity contribution in [3.8, 4) is 0 Å². The zero-order chi connectivity index (χ0) is 18.6. The number of aliphatic carboxylic acids is 1. The number of methoxy groups -OCH3 is 1. The maximum absolute atomic E-state index is 12.6. The van der Waals surface area contributed by atoms with Gasteiger partial charge in [0.1, 0.15) is 0 Å². The topological polar surface area (TPSA) is 95.9 Å². The quantitative estimate of drug-likeness (QED) is 0.775. The highest BCUT2D eigenvalue weighted by molar-refractivity contribution is 6.00. The van der Waals surface area contributed by atoms with Crippen molar-refractivity contribution in [3.63, 3.8) is 0 Å². The Balaban J connectivity index is 2.06. The van der Waals surface area contributed by atoms with Crippen LogP contribution in [0.25, 0.3) is 0 Å². The minimum Gasteiger partial charge on any atom is -0.481 e. The van der Waals surface area contributed by atoms with E-state index in [1.165, 1.54) is 7.11 Å². The van der Waals surface area contributed by atoms with E-state index in [2.05, 4.69) is 5.32 Å². The molecule has 0 radical (unpaired) electrons. The summed E-state index contributed by atoms with van der Waals surface area (Å²) in [4.78, 5) is 37.5. The Hall–Kier alpha value is -2.41. The molecule has 25 heavy (non-hydrogen) atoms. The smallest absolute Gasteiger partial charge is 0.305 e. The number of anilines is 1. The Morgan fingerprint density at radius 3 is 2.56 bits per heavy atom. The van der Waals surface area contributed by atoms with Gasteiger partial charge in [-0.1, -0.05) is 17.7 Å². The van der Waals surface area contributed by atoms with Crippen molar-refractivity contribution in [1.29, 1.82) is 0 Å². The van der Waals surface area contributed by atoms with E-state index in [1.807, 2.05) is 31.2 Å². The number of aryl methyl sites for hydroxylation is 1. The number of ether oxygens (including phenoxy) is 1. The number of hydrogen-bond donors (Lipinski definition) is 2. The van der Waals surface area contributed by atoms with Crippen LogP contribution in [0.5, 0.6) is 0 Å². The molecule has 0 bridgehead atoms. The lowest BCUT2D eigenvalue weighted by Crippen LogP contribution is -2.52. The zero-order valence-corrected chi connectivity index (χ0v) is 14.7. The lowest BCUT2D eigenvalue weighted by atomic mass is 9.97. The van der Waals surface area contributed by atoms with Crippen molar-refractivity contribution in [3.05, 3.63) is 29.8 Å². The predicted octanol–water partition coefficient (Wildman–Crippen LogP) is 1.34. The number of carbonyl (C=O) groups is 3. The highest BCUT2D eigenvalue weighted by Crippen LogP contribution is 2.26. The van der Waals surface area contributed by atoms with Gasteiger partial charge in [-0.05, 0) is 26.0 Å². The standard InChI is InChI=1S/C18H24N2O5/c1-12-4-6-14(7-5-12)20-10-13(8-15(20)21)17(24)19-18(2,11-25-3)9-16(22)23/h4-7,13H,8-11H2,1-3H3,(H,19,24)(H,22,23). The van der Waals surface area contributed by atoms with Crippen molar-refractivity contribution < 1.29 is 24.2 Å². The molecule has 1 aliphatic rings. The Morgan fingerprint density at radius 1 is 1.36 bits per heavy atom. The van der Waals surface area contributed by atoms with E-state index in [1.54, 1.807) is 11.8 Å². The van der Waals surface area contributed by atoms with Gasteiger partial charge in [0.15, 0.2) is 0 Å². The molecule has 2 rings (SSSR count). The first kappa shape index (κ1) is 18.9. The number of carbonyl (C=O) groups excluding carboxylic acids is 2. The molecule has 2 N–H and O–H groups in total. The third-order valence-electron chi connectivity index (χ3n) is 4.27. The van der Waals surface area contributed by atoms with Gasteiger partial charge in [-0.2, -0.15) is 0 Å². The Morgan fingerprint density at radius 2 is 2.00 bits per heavy atom. The van der Waals surface area contributed by atoms with Crippen LogP contribution in [-0.4, -0.2) is 48.7 Å². The van der Waals surface area contributed by atoms with Gasteiger partial charge in [0.25, 0.3) is 0 Å². The second kappa shape index (κ2) is 7.65. The summed E-state index contributed by atoms with van der Waals surface area (Å²) in [5.74, 6) is -1.98. The van der Waals surface area contributed by atoms with Crippen LogP contribution in [0, 0.1) is 12.8 Å². The first-order chi connectivity index (χ1) is 11.7. The van der Waals surface area contributed by atoms with Crippen LogP contribution < -0.4 is 10.2 Å². The second-order valence-corrected chi connectivity index (χ2v) is 6.79. The maximum atomic E-state index is 12.6. The number of amides is 2. The zero-order valence-electron chi connectivity index (χ0n) is 14.7. The van der Waals surface area contributed by atoms with Crippen LogP contribution >= 0.6 is 0 Å². The largest absolute Gasteiger partial charge is 0.481 e. The SMILES string of the molecule is COCC(C)(CC(=O)O)NC(=O)C1CC(=O)N(c2ccc(C)cc2)C1. The highest BCUT2D eigenvalue weighted by Gasteiger charge is 2.38. The summed E-state index contributed by atoms with van der Waals surface area (Å²) in [5.41, 5.74) is 0.836. The van der Waals surface area contributed by atoms with E-state index < -0.39 is 17.4 Å². The van der Waals surface area contributed by atoms with E-state index in [9.17, 15) is 14.4 Å². The molecule has 2 unspecified atom stereocenters. The molecule has 1 saturated heterocycles. The van der Waals surface area contributed by atoms with E-state index in [0.717, 1.165) is 11.3 Å². The third kappa shape index (κ3) is 4.79. The Labute approximate surface area is 147 Å². The minimum absolute atomic E-state index is 0.0768. The van der Waals surface area contributed by atoms with Crippen molar-refractivity contribution >= 4 is 23.5 Å². The van der Waals surface area contributed by atoms with Crippen molar-refractivity contribution in [2.45, 2.75) is 32.2 Å². The lowest BCUT2D eigenvalue weighted by Gasteiger charge is -2.29. The molecule has 1 aromatic carbocycles. The molecule has 0 aromatic heterocycles. The normalized spacial score (nSPS) is 19.6. The molecular formula is C18H24N2O5. The third-order valence-corrected chi connectivity index (χ3v) is 4.27. The van der Waals surface area contributed by atoms with Crippen LogP contribution in [0.1, 0.15) is 25.3 Å². The first-order valence-electron chi connectivity index (χ1n) is 8.14. The number of benzene rings is 1. The molecule has 2 atom stereocenters. The van der Waals surface area contributed by atoms with Gasteiger partial charge in [-0.25, -0.2) is 0 Å². The van der Waals surface area contributed by atoms with Gasteiger partial charge in [0, 0.05) is 25.8 Å². The van der Waals surface area contributed by atoms with Crippen LogP contribution in [0.3, 0.4) is 0 Å². The Kier molecular flexibility index (Phi) is 5.79. The average molecular weight is 348 g/mol. The van der Waals surface area contributed by atoms with Gasteiger partial charge in [-0.3, -0.25) is 14.4 Å². The fourth-order valence-corrected chi connectivity index (χ4v) is 3.04. The van der Waals surface area contributed by atoms with Crippen molar-refractivity contribution in [1.82, 2.24) is 5.32 Å². The van der Waals surface area contributed by atoms with Crippen molar-refractivity contribution in [2.75, 3.05) is 25.2 Å². The molecule has 1 aliphatic heterocycles. The molecule has 2 amide bonds. The van der Waals surface area contributed by atoms with E-state index >= 15 is 0 Å². The summed E-state index contributed by atoms with van der Waals surface area (Å²) >= 11 is 0. The lowest BCUT2D eigenvalue weighted by molar-refractivity contribution is -0.140. The molecule has 7 nitrogen and oxygen atoms in total. The van der Waals surface area contributed by atoms with Crippen LogP contribution in [0.15, 0.2) is 24.3 Å². The number of rotatable bonds is 7. The van der Waals surface area contributed by atoms with Gasteiger partial charge in [-0.15, -0.1) is 0 Å². The summed E-state index contributed by atoms with van der Waals surface area (Å²) in [7, 11) is 1.45. The second-order valence-electron chi connectivity index (χ2n) is 6.79. The molecule has 0 aliphatic carbocycles. The van der Waals surface area contributed by atoms with Gasteiger partial charge in [0.05, 0.1) is 24.5 Å². The molecule has 0 saturated carbocycles. The summed E-state index contributed by atoms with van der Waals surface area (Å²) in [6.45, 7) is 3.94. The molecule has 1 fully saturated rings. The molecule has 1 heterocycles. The monoisotopic (exact) mass is 348 g/mol. The summed E-state index contributed by atoms with van der Waals surface area (Å²) in [6, 6.07) is 7.54. The van der Waals surface area contributed by atoms with Gasteiger partial charge in [0.2, 0.25) is 11.8 Å². The fourth-order valence-electron chi connectivity index (χ4n) is 3.04. The number of nitrogens with one attached hydrogen (secondary N) is 1. The predicted molar refractivity (Wildman–Crippen MR) is 92.3 cm³/mol. The fraction of sp³-hybridized carbons (Fsp3) is 0.500. The minimum atomic E-state index is -1.02. The maximum Gasteiger partial charge on any atom is 0.305 e. The highest BCUT2D eigenvalue weighted by atomic mass is 16.5. The average Bonchev–Trinajstić information content (AvgIpc) is 2.89. The summed E-state index contributed by atoms with van der Waals surface area (Å²) in [6.07, 6.45) is -0.148. The van der Waals surface area contributed by atoms with E-state index in [-0.39, 0.29) is 37.8 Å². The van der Waals surface area contributed by atoms with E-state index in [4.69, 9.17) is 9.84 Å². The molecule has 0 spiro atoms. The molecular weight excluding hydrogens is 324 g/mol. The summed E-state index contributed by atoms with van der Waals surface area (Å²) < 4.78 is 5.04. The first-order valence-corrected chi connectivity index (χ1v) is 8.14. The van der Waals surface area contributed by atoms with Crippen LogP contribution in [0.2, 0.25) is 0 Å². The molecule has 7 heteroatoms. The number of carboxylic acids is 1. The number of carboxylic acid groups (broad SMARTS) is 1. The van der Waals surface area contributed by atoms with Gasteiger partial charge < -0.3 is 20.1 Å². The summed E-state index contributed by atoms with van der Waals surface area (Å²) in [5, 5.41) is 11.8. The molecule has 1 aromatic rings. The number of hydrogen-bond acceptors (Lipinski definition) is 4. The van der Waals surface area contributed by atoms with Crippen LogP contribution in [0.4, 0.5) is 5.69 Å². The molecule has 136 valence electrons. The van der Waals surface area contributed by atoms with Crippen molar-refractivity contribution in [2.24, 2.45) is 5.92 Å². The van der Waals surface area contributed by atoms with Gasteiger partial charge >= 0.3 is 5.97 Å².